The van der Waals surface area contributed by atoms with Gasteiger partial charge in [-0.2, -0.15) is 0 Å². The van der Waals surface area contributed by atoms with Gasteiger partial charge < -0.3 is 9.64 Å². The van der Waals surface area contributed by atoms with E-state index in [1.165, 1.54) is 5.56 Å². The minimum Gasteiger partial charge on any atom is -0.493 e. The number of carbonyl (C=O) groups is 1. The van der Waals surface area contributed by atoms with Crippen molar-refractivity contribution in [2.75, 3.05) is 20.7 Å². The molecule has 1 aliphatic heterocycles. The molecular formula is C18H19NO2. The summed E-state index contributed by atoms with van der Waals surface area (Å²) in [6.45, 7) is 0.764. The molecule has 2 aromatic carbocycles. The van der Waals surface area contributed by atoms with E-state index in [1.807, 2.05) is 24.3 Å². The van der Waals surface area contributed by atoms with Crippen molar-refractivity contribution < 1.29 is 9.53 Å². The van der Waals surface area contributed by atoms with E-state index in [9.17, 15) is 4.79 Å². The van der Waals surface area contributed by atoms with Gasteiger partial charge >= 0.3 is 0 Å². The lowest BCUT2D eigenvalue weighted by Gasteiger charge is -2.20. The van der Waals surface area contributed by atoms with E-state index in [4.69, 9.17) is 4.74 Å². The third-order valence-electron chi connectivity index (χ3n) is 3.76. The minimum absolute atomic E-state index is 0.0163. The summed E-state index contributed by atoms with van der Waals surface area (Å²) in [6.07, 6.45) is 2.12. The Balaban J connectivity index is 2.05. The number of benzene rings is 2. The van der Waals surface area contributed by atoms with Crippen molar-refractivity contribution in [1.29, 1.82) is 0 Å². The standard InChI is InChI=1S/C18H19NO2/c1-19(2)18(20)15-8-3-7-14(12-15)16-10-4-6-13-9-5-11-21-17(13)16/h3-4,6-8,10,12H,5,9,11H2,1-2H3. The molecular weight excluding hydrogens is 262 g/mol. The number of para-hydroxylation sites is 1. The maximum absolute atomic E-state index is 12.1. The Morgan fingerprint density at radius 1 is 1.14 bits per heavy atom. The third-order valence-corrected chi connectivity index (χ3v) is 3.76. The number of hydrogen-bond donors (Lipinski definition) is 0. The first-order valence-electron chi connectivity index (χ1n) is 7.23. The fraction of sp³-hybridized carbons (Fsp3) is 0.278. The second-order valence-corrected chi connectivity index (χ2v) is 5.53. The summed E-state index contributed by atoms with van der Waals surface area (Å²) < 4.78 is 5.86. The van der Waals surface area contributed by atoms with Crippen molar-refractivity contribution in [2.24, 2.45) is 0 Å². The van der Waals surface area contributed by atoms with Gasteiger partial charge in [0.05, 0.1) is 6.61 Å². The zero-order valence-electron chi connectivity index (χ0n) is 12.4. The minimum atomic E-state index is 0.0163. The van der Waals surface area contributed by atoms with Gasteiger partial charge in [-0.1, -0.05) is 30.3 Å². The van der Waals surface area contributed by atoms with E-state index < -0.39 is 0 Å². The predicted molar refractivity (Wildman–Crippen MR) is 83.7 cm³/mol. The van der Waals surface area contributed by atoms with Crippen LogP contribution >= 0.6 is 0 Å². The molecule has 0 aromatic heterocycles. The topological polar surface area (TPSA) is 29.5 Å². The van der Waals surface area contributed by atoms with Gasteiger partial charge in [-0.05, 0) is 36.1 Å². The molecule has 0 radical (unpaired) electrons. The molecule has 0 saturated heterocycles. The number of fused-ring (bicyclic) bond motifs is 1. The Labute approximate surface area is 125 Å². The van der Waals surface area contributed by atoms with E-state index >= 15 is 0 Å². The van der Waals surface area contributed by atoms with Crippen LogP contribution in [0.5, 0.6) is 5.75 Å². The molecule has 0 atom stereocenters. The molecule has 1 aliphatic rings. The molecule has 1 heterocycles. The molecule has 108 valence electrons. The molecule has 0 spiro atoms. The Hall–Kier alpha value is -2.29. The lowest BCUT2D eigenvalue weighted by molar-refractivity contribution is 0.0827. The van der Waals surface area contributed by atoms with Crippen molar-refractivity contribution >= 4 is 5.91 Å². The van der Waals surface area contributed by atoms with Crippen LogP contribution in [0.1, 0.15) is 22.3 Å². The summed E-state index contributed by atoms with van der Waals surface area (Å²) in [6, 6.07) is 14.0. The molecule has 0 bridgehead atoms. The van der Waals surface area contributed by atoms with E-state index in [0.717, 1.165) is 36.3 Å². The number of ether oxygens (including phenoxy) is 1. The van der Waals surface area contributed by atoms with E-state index in [1.54, 1.807) is 19.0 Å². The van der Waals surface area contributed by atoms with Crippen LogP contribution in [0.15, 0.2) is 42.5 Å². The van der Waals surface area contributed by atoms with E-state index in [2.05, 4.69) is 18.2 Å². The largest absolute Gasteiger partial charge is 0.493 e. The second-order valence-electron chi connectivity index (χ2n) is 5.53. The fourth-order valence-corrected chi connectivity index (χ4v) is 2.69. The average molecular weight is 281 g/mol. The van der Waals surface area contributed by atoms with E-state index in [-0.39, 0.29) is 5.91 Å². The summed E-state index contributed by atoms with van der Waals surface area (Å²) >= 11 is 0. The van der Waals surface area contributed by atoms with Crippen LogP contribution in [0.4, 0.5) is 0 Å². The van der Waals surface area contributed by atoms with Crippen LogP contribution in [0.2, 0.25) is 0 Å². The predicted octanol–water partition coefficient (Wildman–Crippen LogP) is 3.38. The van der Waals surface area contributed by atoms with Gasteiger partial charge in [-0.3, -0.25) is 4.79 Å². The first-order chi connectivity index (χ1) is 10.2. The van der Waals surface area contributed by atoms with Crippen LogP contribution in [0.25, 0.3) is 11.1 Å². The third kappa shape index (κ3) is 2.64. The molecule has 0 N–H and O–H groups in total. The highest BCUT2D eigenvalue weighted by molar-refractivity contribution is 5.95. The Kier molecular flexibility index (Phi) is 3.65. The van der Waals surface area contributed by atoms with Gasteiger partial charge in [0.1, 0.15) is 5.75 Å². The normalized spacial score (nSPS) is 13.2. The summed E-state index contributed by atoms with van der Waals surface area (Å²) in [5.41, 5.74) is 4.05. The molecule has 3 rings (SSSR count). The monoisotopic (exact) mass is 281 g/mol. The second kappa shape index (κ2) is 5.60. The Bertz CT molecular complexity index is 677. The molecule has 0 unspecified atom stereocenters. The molecule has 0 aliphatic carbocycles. The van der Waals surface area contributed by atoms with Gasteiger partial charge in [0, 0.05) is 25.2 Å². The summed E-state index contributed by atoms with van der Waals surface area (Å²) in [4.78, 5) is 13.7. The van der Waals surface area contributed by atoms with Crippen LogP contribution in [-0.4, -0.2) is 31.5 Å². The first-order valence-corrected chi connectivity index (χ1v) is 7.23. The summed E-state index contributed by atoms with van der Waals surface area (Å²) in [5.74, 6) is 0.987. The zero-order chi connectivity index (χ0) is 14.8. The first kappa shape index (κ1) is 13.7. The van der Waals surface area contributed by atoms with Crippen LogP contribution < -0.4 is 4.74 Å². The molecule has 2 aromatic rings. The number of hydrogen-bond acceptors (Lipinski definition) is 2. The smallest absolute Gasteiger partial charge is 0.253 e. The SMILES string of the molecule is CN(C)C(=O)c1cccc(-c2cccc3c2OCCC3)c1. The van der Waals surface area contributed by atoms with Crippen molar-refractivity contribution in [3.8, 4) is 16.9 Å². The molecule has 21 heavy (non-hydrogen) atoms. The quantitative estimate of drug-likeness (QED) is 0.844. The lowest BCUT2D eigenvalue weighted by atomic mass is 9.96. The zero-order valence-corrected chi connectivity index (χ0v) is 12.4. The number of amides is 1. The highest BCUT2D eigenvalue weighted by Gasteiger charge is 2.16. The van der Waals surface area contributed by atoms with Gasteiger partial charge in [0.2, 0.25) is 0 Å². The highest BCUT2D eigenvalue weighted by Crippen LogP contribution is 2.36. The molecule has 0 saturated carbocycles. The van der Waals surface area contributed by atoms with Crippen molar-refractivity contribution in [1.82, 2.24) is 4.90 Å². The van der Waals surface area contributed by atoms with Crippen LogP contribution in [0.3, 0.4) is 0 Å². The molecule has 3 heteroatoms. The number of rotatable bonds is 2. The maximum Gasteiger partial charge on any atom is 0.253 e. The van der Waals surface area contributed by atoms with Crippen molar-refractivity contribution in [2.45, 2.75) is 12.8 Å². The molecule has 0 fully saturated rings. The van der Waals surface area contributed by atoms with Gasteiger partial charge in [-0.25, -0.2) is 0 Å². The number of nitrogens with zero attached hydrogens (tertiary/aromatic N) is 1. The van der Waals surface area contributed by atoms with Crippen LogP contribution in [-0.2, 0) is 6.42 Å². The highest BCUT2D eigenvalue weighted by atomic mass is 16.5. The lowest BCUT2D eigenvalue weighted by Crippen LogP contribution is -2.21. The Morgan fingerprint density at radius 3 is 2.76 bits per heavy atom. The summed E-state index contributed by atoms with van der Waals surface area (Å²) in [5, 5.41) is 0. The van der Waals surface area contributed by atoms with Gasteiger partial charge in [0.15, 0.2) is 0 Å². The Morgan fingerprint density at radius 2 is 1.95 bits per heavy atom. The fourth-order valence-electron chi connectivity index (χ4n) is 2.69. The number of carbonyl (C=O) groups excluding carboxylic acids is 1. The van der Waals surface area contributed by atoms with Crippen molar-refractivity contribution in [3.63, 3.8) is 0 Å². The molecule has 1 amide bonds. The van der Waals surface area contributed by atoms with E-state index in [0.29, 0.717) is 5.56 Å². The summed E-state index contributed by atoms with van der Waals surface area (Å²) in [7, 11) is 3.53. The van der Waals surface area contributed by atoms with Crippen LogP contribution in [0, 0.1) is 0 Å². The van der Waals surface area contributed by atoms with Crippen molar-refractivity contribution in [3.05, 3.63) is 53.6 Å². The van der Waals surface area contributed by atoms with Gasteiger partial charge in [-0.15, -0.1) is 0 Å². The van der Waals surface area contributed by atoms with Gasteiger partial charge in [0.25, 0.3) is 5.91 Å². The maximum atomic E-state index is 12.1. The molecule has 3 nitrogen and oxygen atoms in total. The average Bonchev–Trinajstić information content (AvgIpc) is 2.53. The number of aryl methyl sites for hydroxylation is 1.